The third-order valence-corrected chi connectivity index (χ3v) is 1.28. The summed E-state index contributed by atoms with van der Waals surface area (Å²) in [6, 6.07) is -1.16. The standard InChI is InChI=1S/C5H6N2O4/c8-4(9)2-3(5(10)11)7-1-6-2/h2,6H,1H2,(H,8,9)(H,10,11). The molecule has 0 bridgehead atoms. The number of aliphatic carboxylic acids is 2. The van der Waals surface area contributed by atoms with E-state index in [-0.39, 0.29) is 12.4 Å². The van der Waals surface area contributed by atoms with Gasteiger partial charge in [-0.05, 0) is 0 Å². The van der Waals surface area contributed by atoms with Crippen LogP contribution in [-0.4, -0.2) is 40.6 Å². The molecule has 1 aliphatic rings. The number of carboxylic acid groups (broad SMARTS) is 2. The van der Waals surface area contributed by atoms with Crippen LogP contribution >= 0.6 is 0 Å². The van der Waals surface area contributed by atoms with Crippen molar-refractivity contribution in [2.75, 3.05) is 6.67 Å². The molecule has 0 spiro atoms. The Bertz CT molecular complexity index is 235. The lowest BCUT2D eigenvalue weighted by molar-refractivity contribution is -0.138. The molecule has 0 aromatic heterocycles. The number of carboxylic acids is 2. The summed E-state index contributed by atoms with van der Waals surface area (Å²) >= 11 is 0. The van der Waals surface area contributed by atoms with Gasteiger partial charge in [0.25, 0.3) is 0 Å². The van der Waals surface area contributed by atoms with E-state index in [1.165, 1.54) is 0 Å². The Morgan fingerprint density at radius 2 is 2.18 bits per heavy atom. The van der Waals surface area contributed by atoms with Crippen LogP contribution in [0.1, 0.15) is 0 Å². The molecule has 3 N–H and O–H groups in total. The molecule has 0 amide bonds. The fourth-order valence-electron chi connectivity index (χ4n) is 0.805. The van der Waals surface area contributed by atoms with Gasteiger partial charge in [0.2, 0.25) is 0 Å². The van der Waals surface area contributed by atoms with Crippen LogP contribution < -0.4 is 5.32 Å². The molecule has 11 heavy (non-hydrogen) atoms. The number of rotatable bonds is 2. The first-order valence-corrected chi connectivity index (χ1v) is 2.86. The van der Waals surface area contributed by atoms with E-state index in [1.54, 1.807) is 0 Å². The average Bonchev–Trinajstić information content (AvgIpc) is 2.32. The second kappa shape index (κ2) is 2.67. The Hall–Kier alpha value is -1.43. The SMILES string of the molecule is O=C(O)C1=NCNC1C(=O)O. The van der Waals surface area contributed by atoms with Crippen LogP contribution in [-0.2, 0) is 9.59 Å². The van der Waals surface area contributed by atoms with Crippen LogP contribution in [0.4, 0.5) is 0 Å². The molecule has 6 nitrogen and oxygen atoms in total. The molecular formula is C5H6N2O4. The molecule has 0 aliphatic carbocycles. The van der Waals surface area contributed by atoms with E-state index in [0.29, 0.717) is 0 Å². The van der Waals surface area contributed by atoms with Crippen LogP contribution in [0, 0.1) is 0 Å². The largest absolute Gasteiger partial charge is 0.480 e. The highest BCUT2D eigenvalue weighted by atomic mass is 16.4. The van der Waals surface area contributed by atoms with E-state index in [4.69, 9.17) is 10.2 Å². The summed E-state index contributed by atoms with van der Waals surface area (Å²) < 4.78 is 0. The maximum Gasteiger partial charge on any atom is 0.352 e. The summed E-state index contributed by atoms with van der Waals surface area (Å²) in [5, 5.41) is 19.2. The Kier molecular flexibility index (Phi) is 1.86. The highest BCUT2D eigenvalue weighted by molar-refractivity contribution is 6.42. The topological polar surface area (TPSA) is 99.0 Å². The second-order valence-corrected chi connectivity index (χ2v) is 1.98. The van der Waals surface area contributed by atoms with Gasteiger partial charge in [-0.3, -0.25) is 15.1 Å². The van der Waals surface area contributed by atoms with Gasteiger partial charge in [0.1, 0.15) is 5.71 Å². The van der Waals surface area contributed by atoms with E-state index in [1.807, 2.05) is 0 Å². The van der Waals surface area contributed by atoms with Crippen LogP contribution in [0.5, 0.6) is 0 Å². The van der Waals surface area contributed by atoms with Crippen molar-refractivity contribution in [1.29, 1.82) is 0 Å². The van der Waals surface area contributed by atoms with Crippen molar-refractivity contribution in [3.63, 3.8) is 0 Å². The van der Waals surface area contributed by atoms with Crippen molar-refractivity contribution in [1.82, 2.24) is 5.32 Å². The molecule has 1 aliphatic heterocycles. The third-order valence-electron chi connectivity index (χ3n) is 1.28. The van der Waals surface area contributed by atoms with Gasteiger partial charge in [0.15, 0.2) is 6.04 Å². The van der Waals surface area contributed by atoms with E-state index < -0.39 is 18.0 Å². The molecule has 1 heterocycles. The van der Waals surface area contributed by atoms with Gasteiger partial charge in [-0.2, -0.15) is 0 Å². The Morgan fingerprint density at radius 3 is 2.55 bits per heavy atom. The molecule has 0 aromatic rings. The number of aliphatic imine (C=N–C) groups is 1. The minimum absolute atomic E-state index is 0.0542. The molecule has 0 fully saturated rings. The molecular weight excluding hydrogens is 152 g/mol. The van der Waals surface area contributed by atoms with Crippen LogP contribution in [0.15, 0.2) is 4.99 Å². The lowest BCUT2D eigenvalue weighted by Gasteiger charge is -2.02. The molecule has 1 atom stereocenters. The molecule has 0 radical (unpaired) electrons. The minimum Gasteiger partial charge on any atom is -0.480 e. The highest BCUT2D eigenvalue weighted by Gasteiger charge is 2.31. The van der Waals surface area contributed by atoms with Gasteiger partial charge < -0.3 is 10.2 Å². The highest BCUT2D eigenvalue weighted by Crippen LogP contribution is 1.97. The van der Waals surface area contributed by atoms with Crippen LogP contribution in [0.3, 0.4) is 0 Å². The third kappa shape index (κ3) is 1.35. The maximum atomic E-state index is 10.3. The van der Waals surface area contributed by atoms with E-state index >= 15 is 0 Å². The van der Waals surface area contributed by atoms with E-state index in [0.717, 1.165) is 0 Å². The number of nitrogens with zero attached hydrogens (tertiary/aromatic N) is 1. The van der Waals surface area contributed by atoms with Gasteiger partial charge in [0.05, 0.1) is 6.67 Å². The number of hydrogen-bond donors (Lipinski definition) is 3. The second-order valence-electron chi connectivity index (χ2n) is 1.98. The zero-order valence-corrected chi connectivity index (χ0v) is 5.44. The molecule has 0 aromatic carbocycles. The van der Waals surface area contributed by atoms with Crippen molar-refractivity contribution in [2.45, 2.75) is 6.04 Å². The summed E-state index contributed by atoms with van der Waals surface area (Å²) in [6.45, 7) is 0.0542. The summed E-state index contributed by atoms with van der Waals surface area (Å²) in [5.41, 5.74) is -0.336. The smallest absolute Gasteiger partial charge is 0.352 e. The first kappa shape index (κ1) is 7.67. The maximum absolute atomic E-state index is 10.3. The lowest BCUT2D eigenvalue weighted by atomic mass is 10.2. The van der Waals surface area contributed by atoms with Crippen molar-refractivity contribution in [2.24, 2.45) is 4.99 Å². The summed E-state index contributed by atoms with van der Waals surface area (Å²) in [4.78, 5) is 24.1. The quantitative estimate of drug-likeness (QED) is 0.455. The zero-order valence-electron chi connectivity index (χ0n) is 5.44. The predicted octanol–water partition coefficient (Wildman–Crippen LogP) is -1.47. The number of carbonyl (C=O) groups is 2. The van der Waals surface area contributed by atoms with Crippen molar-refractivity contribution < 1.29 is 19.8 Å². The normalized spacial score (nSPS) is 22.9. The summed E-state index contributed by atoms with van der Waals surface area (Å²) in [7, 11) is 0. The van der Waals surface area contributed by atoms with Gasteiger partial charge >= 0.3 is 11.9 Å². The van der Waals surface area contributed by atoms with Gasteiger partial charge in [0, 0.05) is 0 Å². The fourth-order valence-corrected chi connectivity index (χ4v) is 0.805. The Labute approximate surface area is 61.5 Å². The van der Waals surface area contributed by atoms with Crippen LogP contribution in [0.2, 0.25) is 0 Å². The Morgan fingerprint density at radius 1 is 1.55 bits per heavy atom. The number of nitrogens with one attached hydrogen (secondary N) is 1. The molecule has 0 saturated carbocycles. The molecule has 1 unspecified atom stereocenters. The van der Waals surface area contributed by atoms with E-state index in [2.05, 4.69) is 10.3 Å². The van der Waals surface area contributed by atoms with Gasteiger partial charge in [-0.1, -0.05) is 0 Å². The zero-order chi connectivity index (χ0) is 8.43. The predicted molar refractivity (Wildman–Crippen MR) is 34.5 cm³/mol. The van der Waals surface area contributed by atoms with Crippen LogP contribution in [0.25, 0.3) is 0 Å². The molecule has 6 heteroatoms. The van der Waals surface area contributed by atoms with Gasteiger partial charge in [-0.15, -0.1) is 0 Å². The Balaban J connectivity index is 2.79. The summed E-state index contributed by atoms with van der Waals surface area (Å²) in [6.07, 6.45) is 0. The minimum atomic E-state index is -1.29. The van der Waals surface area contributed by atoms with Crippen molar-refractivity contribution in [3.05, 3.63) is 0 Å². The van der Waals surface area contributed by atoms with E-state index in [9.17, 15) is 9.59 Å². The fraction of sp³-hybridized carbons (Fsp3) is 0.400. The average molecular weight is 158 g/mol. The number of hydrogen-bond acceptors (Lipinski definition) is 4. The van der Waals surface area contributed by atoms with Crippen molar-refractivity contribution >= 4 is 17.7 Å². The van der Waals surface area contributed by atoms with Gasteiger partial charge in [-0.25, -0.2) is 4.79 Å². The monoisotopic (exact) mass is 158 g/mol. The molecule has 0 saturated heterocycles. The lowest BCUT2D eigenvalue weighted by Crippen LogP contribution is -2.41. The first-order valence-electron chi connectivity index (χ1n) is 2.86. The summed E-state index contributed by atoms with van der Waals surface area (Å²) in [5.74, 6) is -2.51. The molecule has 60 valence electrons. The molecule has 1 rings (SSSR count). The van der Waals surface area contributed by atoms with Crippen molar-refractivity contribution in [3.8, 4) is 0 Å². The first-order chi connectivity index (χ1) is 5.13.